The van der Waals surface area contributed by atoms with Crippen LogP contribution in [-0.2, 0) is 21.4 Å². The van der Waals surface area contributed by atoms with E-state index in [4.69, 9.17) is 0 Å². The first kappa shape index (κ1) is 26.2. The Kier molecular flexibility index (Phi) is 8.74. The summed E-state index contributed by atoms with van der Waals surface area (Å²) in [6, 6.07) is 22.7. The Morgan fingerprint density at radius 3 is 1.97 bits per heavy atom. The molecule has 0 spiro atoms. The van der Waals surface area contributed by atoms with Crippen molar-refractivity contribution < 1.29 is 13.2 Å². The number of thioether (sulfide) groups is 1. The number of hydrogen-bond donors (Lipinski definition) is 0. The molecule has 180 valence electrons. The minimum absolute atomic E-state index is 0.0421. The number of rotatable bonds is 9. The van der Waals surface area contributed by atoms with Crippen LogP contribution in [0, 0.1) is 20.8 Å². The third-order valence-corrected chi connectivity index (χ3v) is 9.63. The molecule has 0 aliphatic carbocycles. The molecule has 3 aromatic rings. The highest BCUT2D eigenvalue weighted by atomic mass is 32.2. The molecule has 0 fully saturated rings. The highest BCUT2D eigenvalue weighted by Crippen LogP contribution is 2.39. The van der Waals surface area contributed by atoms with Crippen LogP contribution in [0.15, 0.2) is 77.7 Å². The maximum atomic E-state index is 14.3. The van der Waals surface area contributed by atoms with Crippen molar-refractivity contribution in [2.45, 2.75) is 63.8 Å². The van der Waals surface area contributed by atoms with E-state index in [1.165, 1.54) is 11.8 Å². The quantitative estimate of drug-likeness (QED) is 0.335. The number of nitrogens with zero attached hydrogens (tertiary/aromatic N) is 1. The van der Waals surface area contributed by atoms with Gasteiger partial charge in [-0.1, -0.05) is 97.0 Å². The van der Waals surface area contributed by atoms with Crippen LogP contribution in [0.1, 0.15) is 53.3 Å². The second kappa shape index (κ2) is 11.3. The van der Waals surface area contributed by atoms with Crippen molar-refractivity contribution in [3.8, 4) is 0 Å². The molecule has 0 saturated heterocycles. The molecule has 0 amide bonds. The summed E-state index contributed by atoms with van der Waals surface area (Å²) in [6.45, 7) is 9.64. The summed E-state index contributed by atoms with van der Waals surface area (Å²) in [7, 11) is -3.86. The lowest BCUT2D eigenvalue weighted by Crippen LogP contribution is -2.41. The second-order valence-corrected chi connectivity index (χ2v) is 11.7. The summed E-state index contributed by atoms with van der Waals surface area (Å²) < 4.78 is 30.1. The van der Waals surface area contributed by atoms with Gasteiger partial charge in [0.05, 0.1) is 10.1 Å². The molecule has 2 atom stereocenters. The van der Waals surface area contributed by atoms with Crippen LogP contribution in [-0.4, -0.2) is 23.9 Å². The molecule has 0 heterocycles. The molecule has 6 heteroatoms. The van der Waals surface area contributed by atoms with E-state index in [0.717, 1.165) is 27.8 Å². The van der Waals surface area contributed by atoms with Crippen LogP contribution < -0.4 is 0 Å². The van der Waals surface area contributed by atoms with Crippen LogP contribution in [0.5, 0.6) is 0 Å². The number of sulfonamides is 1. The van der Waals surface area contributed by atoms with Gasteiger partial charge in [0.2, 0.25) is 10.0 Å². The van der Waals surface area contributed by atoms with Crippen molar-refractivity contribution in [2.75, 3.05) is 0 Å². The van der Waals surface area contributed by atoms with Crippen LogP contribution >= 0.6 is 11.8 Å². The molecule has 0 aromatic heterocycles. The van der Waals surface area contributed by atoms with E-state index in [2.05, 4.69) is 0 Å². The topological polar surface area (TPSA) is 54.5 Å². The lowest BCUT2D eigenvalue weighted by molar-refractivity contribution is -0.110. The Labute approximate surface area is 208 Å². The highest BCUT2D eigenvalue weighted by Gasteiger charge is 2.37. The lowest BCUT2D eigenvalue weighted by Gasteiger charge is -2.34. The smallest absolute Gasteiger partial charge is 0.244 e. The number of hydrogen-bond acceptors (Lipinski definition) is 4. The van der Waals surface area contributed by atoms with Gasteiger partial charge in [-0.15, -0.1) is 0 Å². The lowest BCUT2D eigenvalue weighted by atomic mass is 10.1. The first-order chi connectivity index (χ1) is 16.1. The predicted octanol–water partition coefficient (Wildman–Crippen LogP) is 6.60. The van der Waals surface area contributed by atoms with Gasteiger partial charge in [0.25, 0.3) is 0 Å². The number of carbonyl (C=O) groups is 1. The van der Waals surface area contributed by atoms with Crippen molar-refractivity contribution in [1.82, 2.24) is 4.31 Å². The number of carbonyl (C=O) groups excluding carboxylic acids is 1. The SMILES string of the molecule is CCC(=O)S[C@@H](c1ccccc1)[C@@H](C)N(Cc1ccccc1)S(=O)(=O)c1c(C)cc(C)cc1C. The van der Waals surface area contributed by atoms with Gasteiger partial charge >= 0.3 is 0 Å². The summed E-state index contributed by atoms with van der Waals surface area (Å²) in [5.41, 5.74) is 4.34. The largest absolute Gasteiger partial charge is 0.287 e. The average molecular weight is 496 g/mol. The summed E-state index contributed by atoms with van der Waals surface area (Å²) in [4.78, 5) is 12.9. The summed E-state index contributed by atoms with van der Waals surface area (Å²) in [5.74, 6) is 0. The Morgan fingerprint density at radius 1 is 0.912 bits per heavy atom. The van der Waals surface area contributed by atoms with Crippen LogP contribution in [0.25, 0.3) is 0 Å². The van der Waals surface area contributed by atoms with Gasteiger partial charge in [0.15, 0.2) is 5.12 Å². The summed E-state index contributed by atoms with van der Waals surface area (Å²) in [6.07, 6.45) is 0.391. The van der Waals surface area contributed by atoms with E-state index in [9.17, 15) is 13.2 Å². The Morgan fingerprint density at radius 2 is 1.44 bits per heavy atom. The predicted molar refractivity (Wildman–Crippen MR) is 141 cm³/mol. The van der Waals surface area contributed by atoms with Gasteiger partial charge in [-0.25, -0.2) is 8.42 Å². The van der Waals surface area contributed by atoms with Crippen molar-refractivity contribution in [3.63, 3.8) is 0 Å². The molecule has 0 unspecified atom stereocenters. The maximum Gasteiger partial charge on any atom is 0.244 e. The highest BCUT2D eigenvalue weighted by molar-refractivity contribution is 8.13. The molecule has 0 bridgehead atoms. The molecule has 3 rings (SSSR count). The van der Waals surface area contributed by atoms with Crippen LogP contribution in [0.2, 0.25) is 0 Å². The zero-order valence-corrected chi connectivity index (χ0v) is 22.1. The van der Waals surface area contributed by atoms with Crippen molar-refractivity contribution in [2.24, 2.45) is 0 Å². The second-order valence-electron chi connectivity index (χ2n) is 8.68. The van der Waals surface area contributed by atoms with E-state index in [-0.39, 0.29) is 16.9 Å². The Hall–Kier alpha value is -2.41. The third kappa shape index (κ3) is 5.98. The minimum Gasteiger partial charge on any atom is -0.287 e. The molecular weight excluding hydrogens is 462 g/mol. The van der Waals surface area contributed by atoms with E-state index in [1.807, 2.05) is 107 Å². The molecule has 0 N–H and O–H groups in total. The molecule has 0 radical (unpaired) electrons. The molecule has 0 aliphatic heterocycles. The first-order valence-corrected chi connectivity index (χ1v) is 13.8. The molecule has 0 aliphatic rings. The van der Waals surface area contributed by atoms with Crippen LogP contribution in [0.3, 0.4) is 0 Å². The number of aryl methyl sites for hydroxylation is 3. The number of benzene rings is 3. The fourth-order valence-corrected chi connectivity index (χ4v) is 7.57. The van der Waals surface area contributed by atoms with Gasteiger partial charge in [-0.2, -0.15) is 4.31 Å². The zero-order valence-electron chi connectivity index (χ0n) is 20.5. The minimum atomic E-state index is -3.86. The fraction of sp³-hybridized carbons (Fsp3) is 0.321. The summed E-state index contributed by atoms with van der Waals surface area (Å²) >= 11 is 1.22. The van der Waals surface area contributed by atoms with Crippen molar-refractivity contribution >= 4 is 26.9 Å². The Bertz CT molecular complexity index is 1200. The van der Waals surface area contributed by atoms with Gasteiger partial charge in [-0.05, 0) is 49.9 Å². The van der Waals surface area contributed by atoms with Crippen LogP contribution in [0.4, 0.5) is 0 Å². The Balaban J connectivity index is 2.15. The van der Waals surface area contributed by atoms with Gasteiger partial charge in [-0.3, -0.25) is 4.79 Å². The molecule has 0 saturated carbocycles. The zero-order chi connectivity index (χ0) is 24.9. The van der Waals surface area contributed by atoms with E-state index in [0.29, 0.717) is 11.3 Å². The fourth-order valence-electron chi connectivity index (χ4n) is 4.37. The average Bonchev–Trinajstić information content (AvgIpc) is 2.80. The molecular formula is C28H33NO3S2. The van der Waals surface area contributed by atoms with E-state index >= 15 is 0 Å². The van der Waals surface area contributed by atoms with Gasteiger partial charge in [0, 0.05) is 19.0 Å². The van der Waals surface area contributed by atoms with Gasteiger partial charge in [0.1, 0.15) is 0 Å². The standard InChI is InChI=1S/C28H33NO3S2/c1-6-26(30)33-27(25-15-11-8-12-16-25)23(5)29(19-24-13-9-7-10-14-24)34(31,32)28-21(3)17-20(2)18-22(28)4/h7-18,23,27H,6,19H2,1-5H3/t23-,27-/m1/s1. The maximum absolute atomic E-state index is 14.3. The normalized spacial score (nSPS) is 13.6. The monoisotopic (exact) mass is 495 g/mol. The first-order valence-electron chi connectivity index (χ1n) is 11.5. The van der Waals surface area contributed by atoms with E-state index in [1.54, 1.807) is 4.31 Å². The molecule has 3 aromatic carbocycles. The van der Waals surface area contributed by atoms with Gasteiger partial charge < -0.3 is 0 Å². The molecule has 4 nitrogen and oxygen atoms in total. The van der Waals surface area contributed by atoms with E-state index < -0.39 is 16.1 Å². The molecule has 34 heavy (non-hydrogen) atoms. The third-order valence-electron chi connectivity index (χ3n) is 5.92. The van der Waals surface area contributed by atoms with Crippen molar-refractivity contribution in [1.29, 1.82) is 0 Å². The summed E-state index contributed by atoms with van der Waals surface area (Å²) in [5, 5.41) is -0.293. The van der Waals surface area contributed by atoms with Crippen molar-refractivity contribution in [3.05, 3.63) is 101 Å².